The van der Waals surface area contributed by atoms with Gasteiger partial charge in [0.25, 0.3) is 0 Å². The number of hydrogen-bond donors (Lipinski definition) is 1. The van der Waals surface area contributed by atoms with Crippen molar-refractivity contribution in [2.24, 2.45) is 5.92 Å². The third-order valence-electron chi connectivity index (χ3n) is 5.53. The highest BCUT2D eigenvalue weighted by Gasteiger charge is 2.27. The van der Waals surface area contributed by atoms with E-state index in [1.165, 1.54) is 0 Å². The summed E-state index contributed by atoms with van der Waals surface area (Å²) in [6, 6.07) is 15.6. The Balaban J connectivity index is 1.45. The maximum Gasteiger partial charge on any atom is 0.227 e. The molecule has 1 N–H and O–H groups in total. The average molecular weight is 395 g/mol. The van der Waals surface area contributed by atoms with Crippen molar-refractivity contribution in [1.29, 1.82) is 0 Å². The predicted octanol–water partition coefficient (Wildman–Crippen LogP) is 4.20. The summed E-state index contributed by atoms with van der Waals surface area (Å²) in [6.07, 6.45) is 2.64. The van der Waals surface area contributed by atoms with Crippen LogP contribution in [0, 0.1) is 12.8 Å². The van der Waals surface area contributed by atoms with E-state index in [2.05, 4.69) is 18.3 Å². The average Bonchev–Trinajstić information content (AvgIpc) is 2.76. The van der Waals surface area contributed by atoms with Crippen LogP contribution in [0.3, 0.4) is 0 Å². The molecule has 1 heterocycles. The number of likely N-dealkylation sites (tertiary alicyclic amines) is 1. The quantitative estimate of drug-likeness (QED) is 0.766. The van der Waals surface area contributed by atoms with Gasteiger partial charge in [-0.3, -0.25) is 9.59 Å². The second-order valence-electron chi connectivity index (χ2n) is 7.52. The molecule has 3 rings (SSSR count). The molecule has 0 spiro atoms. The summed E-state index contributed by atoms with van der Waals surface area (Å²) in [4.78, 5) is 27.0. The molecule has 2 aromatic carbocycles. The second-order valence-corrected chi connectivity index (χ2v) is 7.52. The number of carbonyl (C=O) groups excluding carboxylic acids is 2. The molecule has 1 saturated heterocycles. The number of nitrogens with one attached hydrogen (secondary N) is 1. The first-order valence-electron chi connectivity index (χ1n) is 10.4. The van der Waals surface area contributed by atoms with E-state index in [4.69, 9.17) is 4.74 Å². The number of amides is 2. The van der Waals surface area contributed by atoms with Crippen molar-refractivity contribution in [3.05, 3.63) is 59.7 Å². The lowest BCUT2D eigenvalue weighted by molar-refractivity contribution is -0.135. The van der Waals surface area contributed by atoms with Crippen molar-refractivity contribution < 1.29 is 14.3 Å². The van der Waals surface area contributed by atoms with Gasteiger partial charge < -0.3 is 15.0 Å². The number of ether oxygens (including phenoxy) is 1. The minimum absolute atomic E-state index is 0.0519. The first-order chi connectivity index (χ1) is 14.1. The SMILES string of the molecule is CCc1cccc(C)c1NC(=O)C1CCN(C(=O)CCOc2ccccc2)CC1. The Kier molecular flexibility index (Phi) is 7.28. The fourth-order valence-electron chi connectivity index (χ4n) is 3.75. The maximum atomic E-state index is 12.8. The Morgan fingerprint density at radius 1 is 1.07 bits per heavy atom. The Hall–Kier alpha value is -2.82. The summed E-state index contributed by atoms with van der Waals surface area (Å²) >= 11 is 0. The lowest BCUT2D eigenvalue weighted by Crippen LogP contribution is -2.41. The molecule has 0 bridgehead atoms. The number of rotatable bonds is 7. The van der Waals surface area contributed by atoms with Crippen molar-refractivity contribution in [1.82, 2.24) is 4.90 Å². The summed E-state index contributed by atoms with van der Waals surface area (Å²) in [5.74, 6) is 0.878. The maximum absolute atomic E-state index is 12.8. The Morgan fingerprint density at radius 2 is 1.79 bits per heavy atom. The molecule has 2 aromatic rings. The van der Waals surface area contributed by atoms with Gasteiger partial charge in [-0.25, -0.2) is 0 Å². The third kappa shape index (κ3) is 5.59. The van der Waals surface area contributed by atoms with Crippen LogP contribution in [0.15, 0.2) is 48.5 Å². The molecule has 154 valence electrons. The molecular formula is C24H30N2O3. The first-order valence-corrected chi connectivity index (χ1v) is 10.4. The Morgan fingerprint density at radius 3 is 2.48 bits per heavy atom. The van der Waals surface area contributed by atoms with E-state index in [-0.39, 0.29) is 17.7 Å². The monoisotopic (exact) mass is 394 g/mol. The van der Waals surface area contributed by atoms with Crippen molar-refractivity contribution in [2.75, 3.05) is 25.0 Å². The van der Waals surface area contributed by atoms with Crippen LogP contribution in [-0.4, -0.2) is 36.4 Å². The van der Waals surface area contributed by atoms with Crippen LogP contribution in [0.2, 0.25) is 0 Å². The minimum atomic E-state index is -0.0519. The molecule has 5 heteroatoms. The number of piperidine rings is 1. The van der Waals surface area contributed by atoms with Gasteiger partial charge in [0.1, 0.15) is 5.75 Å². The van der Waals surface area contributed by atoms with Crippen LogP contribution in [0.1, 0.15) is 37.3 Å². The number of nitrogens with zero attached hydrogens (tertiary/aromatic N) is 1. The van der Waals surface area contributed by atoms with Gasteiger partial charge >= 0.3 is 0 Å². The van der Waals surface area contributed by atoms with E-state index >= 15 is 0 Å². The number of para-hydroxylation sites is 2. The third-order valence-corrected chi connectivity index (χ3v) is 5.53. The molecular weight excluding hydrogens is 364 g/mol. The predicted molar refractivity (Wildman–Crippen MR) is 115 cm³/mol. The first kappa shape index (κ1) is 20.9. The van der Waals surface area contributed by atoms with Crippen LogP contribution in [0.5, 0.6) is 5.75 Å². The van der Waals surface area contributed by atoms with Crippen molar-refractivity contribution >= 4 is 17.5 Å². The van der Waals surface area contributed by atoms with Gasteiger partial charge in [0, 0.05) is 24.7 Å². The molecule has 1 aliphatic heterocycles. The number of hydrogen-bond acceptors (Lipinski definition) is 3. The molecule has 1 aliphatic rings. The van der Waals surface area contributed by atoms with E-state index in [1.807, 2.05) is 54.3 Å². The fourth-order valence-corrected chi connectivity index (χ4v) is 3.75. The fraction of sp³-hybridized carbons (Fsp3) is 0.417. The lowest BCUT2D eigenvalue weighted by Gasteiger charge is -2.31. The molecule has 0 radical (unpaired) electrons. The minimum Gasteiger partial charge on any atom is -0.493 e. The van der Waals surface area contributed by atoms with Crippen LogP contribution in [0.4, 0.5) is 5.69 Å². The summed E-state index contributed by atoms with van der Waals surface area (Å²) in [5.41, 5.74) is 3.18. The molecule has 0 atom stereocenters. The van der Waals surface area contributed by atoms with Gasteiger partial charge in [-0.1, -0.05) is 43.3 Å². The standard InChI is InChI=1S/C24H30N2O3/c1-3-19-9-7-8-18(2)23(19)25-24(28)20-12-15-26(16-13-20)22(27)14-17-29-21-10-5-4-6-11-21/h4-11,20H,3,12-17H2,1-2H3,(H,25,28). The van der Waals surface area contributed by atoms with Crippen molar-refractivity contribution in [3.63, 3.8) is 0 Å². The zero-order chi connectivity index (χ0) is 20.6. The summed E-state index contributed by atoms with van der Waals surface area (Å²) in [5, 5.41) is 3.13. The van der Waals surface area contributed by atoms with Crippen LogP contribution < -0.4 is 10.1 Å². The zero-order valence-electron chi connectivity index (χ0n) is 17.3. The molecule has 1 fully saturated rings. The Labute approximate surface area is 173 Å². The number of carbonyl (C=O) groups is 2. The number of anilines is 1. The molecule has 5 nitrogen and oxygen atoms in total. The van der Waals surface area contributed by atoms with E-state index in [0.717, 1.165) is 29.0 Å². The highest BCUT2D eigenvalue weighted by atomic mass is 16.5. The van der Waals surface area contributed by atoms with Crippen LogP contribution >= 0.6 is 0 Å². The van der Waals surface area contributed by atoms with E-state index in [1.54, 1.807) is 0 Å². The van der Waals surface area contributed by atoms with Gasteiger partial charge in [0.2, 0.25) is 11.8 Å². The number of benzene rings is 2. The summed E-state index contributed by atoms with van der Waals surface area (Å²) in [7, 11) is 0. The van der Waals surface area contributed by atoms with Gasteiger partial charge in [0.05, 0.1) is 13.0 Å². The lowest BCUT2D eigenvalue weighted by atomic mass is 9.95. The normalized spacial score (nSPS) is 14.5. The van der Waals surface area contributed by atoms with Crippen molar-refractivity contribution in [3.8, 4) is 5.75 Å². The van der Waals surface area contributed by atoms with Crippen LogP contribution in [0.25, 0.3) is 0 Å². The van der Waals surface area contributed by atoms with Crippen LogP contribution in [-0.2, 0) is 16.0 Å². The van der Waals surface area contributed by atoms with E-state index in [9.17, 15) is 9.59 Å². The van der Waals surface area contributed by atoms with Crippen molar-refractivity contribution in [2.45, 2.75) is 39.5 Å². The summed E-state index contributed by atoms with van der Waals surface area (Å²) in [6.45, 7) is 5.73. The smallest absolute Gasteiger partial charge is 0.227 e. The van der Waals surface area contributed by atoms with E-state index < -0.39 is 0 Å². The summed E-state index contributed by atoms with van der Waals surface area (Å²) < 4.78 is 5.61. The Bertz CT molecular complexity index is 827. The molecule has 0 unspecified atom stereocenters. The highest BCUT2D eigenvalue weighted by molar-refractivity contribution is 5.94. The largest absolute Gasteiger partial charge is 0.493 e. The molecule has 0 aliphatic carbocycles. The highest BCUT2D eigenvalue weighted by Crippen LogP contribution is 2.25. The van der Waals surface area contributed by atoms with Gasteiger partial charge in [0.15, 0.2) is 0 Å². The van der Waals surface area contributed by atoms with Gasteiger partial charge in [-0.05, 0) is 49.4 Å². The van der Waals surface area contributed by atoms with Gasteiger partial charge in [-0.15, -0.1) is 0 Å². The van der Waals surface area contributed by atoms with E-state index in [0.29, 0.717) is 39.0 Å². The molecule has 0 aromatic heterocycles. The molecule has 2 amide bonds. The zero-order valence-corrected chi connectivity index (χ0v) is 17.3. The molecule has 0 saturated carbocycles. The molecule has 29 heavy (non-hydrogen) atoms. The second kappa shape index (κ2) is 10.1. The van der Waals surface area contributed by atoms with Gasteiger partial charge in [-0.2, -0.15) is 0 Å². The topological polar surface area (TPSA) is 58.6 Å². The number of aryl methyl sites for hydroxylation is 2.